The Morgan fingerprint density at radius 2 is 2.12 bits per heavy atom. The van der Waals surface area contributed by atoms with Crippen molar-refractivity contribution in [2.75, 3.05) is 30.4 Å². The molecule has 3 aromatic rings. The van der Waals surface area contributed by atoms with Gasteiger partial charge in [0.1, 0.15) is 9.71 Å². The Kier molecular flexibility index (Phi) is 5.51. The van der Waals surface area contributed by atoms with Crippen LogP contribution in [0.2, 0.25) is 0 Å². The molecule has 1 fully saturated rings. The van der Waals surface area contributed by atoms with E-state index in [0.29, 0.717) is 23.7 Å². The number of benzene rings is 1. The minimum Gasteiger partial charge on any atom is -0.397 e. The van der Waals surface area contributed by atoms with Gasteiger partial charge in [-0.05, 0) is 61.6 Å². The summed E-state index contributed by atoms with van der Waals surface area (Å²) in [6.07, 6.45) is 2.55. The SMILES string of the molecule is Cc1ccc2c(N)c(C(=O)N[C@H]3CCc4cc(N5C[C@@H](CF)[C@@H](N)C5)ccc4C3)sc2n1. The topological polar surface area (TPSA) is 97.3 Å². The highest BCUT2D eigenvalue weighted by atomic mass is 32.1. The van der Waals surface area contributed by atoms with Crippen LogP contribution in [-0.2, 0) is 12.8 Å². The van der Waals surface area contributed by atoms with Crippen LogP contribution in [0, 0.1) is 12.8 Å². The molecule has 5 N–H and O–H groups in total. The minimum atomic E-state index is -0.371. The number of thiophene rings is 1. The first-order chi connectivity index (χ1) is 15.4. The predicted octanol–water partition coefficient (Wildman–Crippen LogP) is 3.21. The number of aromatic nitrogens is 1. The van der Waals surface area contributed by atoms with Crippen LogP contribution < -0.4 is 21.7 Å². The lowest BCUT2D eigenvalue weighted by Crippen LogP contribution is -2.38. The number of aryl methyl sites for hydroxylation is 2. The molecule has 2 aliphatic rings. The number of hydrogen-bond donors (Lipinski definition) is 3. The van der Waals surface area contributed by atoms with Crippen molar-refractivity contribution in [3.05, 3.63) is 52.0 Å². The van der Waals surface area contributed by atoms with E-state index in [0.717, 1.165) is 40.9 Å². The highest BCUT2D eigenvalue weighted by molar-refractivity contribution is 7.21. The van der Waals surface area contributed by atoms with Gasteiger partial charge in [0.25, 0.3) is 5.91 Å². The van der Waals surface area contributed by atoms with Gasteiger partial charge in [-0.25, -0.2) is 4.98 Å². The van der Waals surface area contributed by atoms with Crippen molar-refractivity contribution in [3.63, 3.8) is 0 Å². The summed E-state index contributed by atoms with van der Waals surface area (Å²) in [7, 11) is 0. The smallest absolute Gasteiger partial charge is 0.263 e. The fraction of sp³-hybridized carbons (Fsp3) is 0.417. The molecule has 3 heterocycles. The van der Waals surface area contributed by atoms with E-state index in [1.54, 1.807) is 0 Å². The van der Waals surface area contributed by atoms with E-state index in [2.05, 4.69) is 33.4 Å². The molecule has 8 heteroatoms. The quantitative estimate of drug-likeness (QED) is 0.564. The number of pyridine rings is 1. The number of amides is 1. The van der Waals surface area contributed by atoms with E-state index in [4.69, 9.17) is 11.5 Å². The minimum absolute atomic E-state index is 0.0660. The molecule has 0 unspecified atom stereocenters. The molecule has 5 rings (SSSR count). The maximum absolute atomic E-state index is 13.1. The number of nitrogens with two attached hydrogens (primary N) is 2. The van der Waals surface area contributed by atoms with Crippen molar-refractivity contribution in [2.24, 2.45) is 11.7 Å². The molecule has 1 saturated heterocycles. The molecule has 0 radical (unpaired) electrons. The van der Waals surface area contributed by atoms with E-state index < -0.39 is 0 Å². The Labute approximate surface area is 190 Å². The number of halogens is 1. The van der Waals surface area contributed by atoms with E-state index >= 15 is 0 Å². The fourth-order valence-corrected chi connectivity index (χ4v) is 5.88. The number of fused-ring (bicyclic) bond motifs is 2. The van der Waals surface area contributed by atoms with Crippen LogP contribution in [0.3, 0.4) is 0 Å². The summed E-state index contributed by atoms with van der Waals surface area (Å²) in [5.41, 5.74) is 17.4. The summed E-state index contributed by atoms with van der Waals surface area (Å²) in [5.74, 6) is -0.220. The van der Waals surface area contributed by atoms with Crippen LogP contribution >= 0.6 is 11.3 Å². The molecule has 0 spiro atoms. The molecule has 2 aromatic heterocycles. The molecule has 1 aliphatic carbocycles. The van der Waals surface area contributed by atoms with Crippen molar-refractivity contribution in [3.8, 4) is 0 Å². The fourth-order valence-electron chi connectivity index (χ4n) is 4.84. The van der Waals surface area contributed by atoms with Crippen molar-refractivity contribution in [1.82, 2.24) is 10.3 Å². The van der Waals surface area contributed by atoms with Crippen LogP contribution in [-0.4, -0.2) is 42.7 Å². The van der Waals surface area contributed by atoms with E-state index in [1.165, 1.54) is 22.5 Å². The van der Waals surface area contributed by atoms with Gasteiger partial charge < -0.3 is 21.7 Å². The molecule has 0 bridgehead atoms. The molecule has 32 heavy (non-hydrogen) atoms. The maximum atomic E-state index is 13.1. The third-order valence-corrected chi connectivity index (χ3v) is 7.86. The van der Waals surface area contributed by atoms with Gasteiger partial charge in [0.15, 0.2) is 0 Å². The first kappa shape index (κ1) is 21.2. The first-order valence-corrected chi connectivity index (χ1v) is 11.9. The summed E-state index contributed by atoms with van der Waals surface area (Å²) < 4.78 is 13.1. The number of rotatable bonds is 4. The van der Waals surface area contributed by atoms with Gasteiger partial charge in [0.2, 0.25) is 0 Å². The lowest BCUT2D eigenvalue weighted by atomic mass is 9.87. The normalized spacial score (nSPS) is 22.8. The van der Waals surface area contributed by atoms with Gasteiger partial charge in [0.05, 0.1) is 12.4 Å². The number of nitrogen functional groups attached to an aromatic ring is 1. The average Bonchev–Trinajstić information content (AvgIpc) is 3.32. The summed E-state index contributed by atoms with van der Waals surface area (Å²) in [6, 6.07) is 10.2. The third-order valence-electron chi connectivity index (χ3n) is 6.75. The Morgan fingerprint density at radius 1 is 1.28 bits per heavy atom. The molecule has 3 atom stereocenters. The molecule has 0 saturated carbocycles. The van der Waals surface area contributed by atoms with Crippen LogP contribution in [0.25, 0.3) is 10.2 Å². The Morgan fingerprint density at radius 3 is 2.91 bits per heavy atom. The lowest BCUT2D eigenvalue weighted by Gasteiger charge is -2.27. The molecule has 6 nitrogen and oxygen atoms in total. The van der Waals surface area contributed by atoms with Crippen LogP contribution in [0.5, 0.6) is 0 Å². The highest BCUT2D eigenvalue weighted by Gasteiger charge is 2.31. The van der Waals surface area contributed by atoms with E-state index in [9.17, 15) is 9.18 Å². The number of alkyl halides is 1. The largest absolute Gasteiger partial charge is 0.397 e. The number of hydrogen-bond acceptors (Lipinski definition) is 6. The number of nitrogens with zero attached hydrogens (tertiary/aromatic N) is 2. The molecule has 1 amide bonds. The molecule has 168 valence electrons. The second-order valence-electron chi connectivity index (χ2n) is 9.00. The lowest BCUT2D eigenvalue weighted by molar-refractivity contribution is 0.0938. The number of carbonyl (C=O) groups excluding carboxylic acids is 1. The predicted molar refractivity (Wildman–Crippen MR) is 128 cm³/mol. The van der Waals surface area contributed by atoms with E-state index in [-0.39, 0.29) is 30.6 Å². The number of carbonyl (C=O) groups is 1. The van der Waals surface area contributed by atoms with Gasteiger partial charge in [-0.3, -0.25) is 9.18 Å². The van der Waals surface area contributed by atoms with Crippen molar-refractivity contribution < 1.29 is 9.18 Å². The van der Waals surface area contributed by atoms with E-state index in [1.807, 2.05) is 19.1 Å². The molecular weight excluding hydrogens is 425 g/mol. The average molecular weight is 454 g/mol. The third kappa shape index (κ3) is 3.82. The second-order valence-corrected chi connectivity index (χ2v) is 10.00. The number of nitrogens with one attached hydrogen (secondary N) is 1. The molecular formula is C24H28FN5OS. The zero-order valence-corrected chi connectivity index (χ0v) is 18.9. The molecule has 1 aliphatic heterocycles. The Bertz CT molecular complexity index is 1180. The summed E-state index contributed by atoms with van der Waals surface area (Å²) >= 11 is 1.35. The van der Waals surface area contributed by atoms with Gasteiger partial charge in [-0.2, -0.15) is 0 Å². The van der Waals surface area contributed by atoms with Gasteiger partial charge in [-0.1, -0.05) is 6.07 Å². The standard InChI is InChI=1S/C24H28FN5OS/c1-13-2-7-19-21(27)22(32-24(19)28-13)23(31)29-17-5-3-15-9-18(6-4-14(15)8-17)30-11-16(10-25)20(26)12-30/h2,4,6-7,9,16-17,20H,3,5,8,10-12,26-27H2,1H3,(H,29,31)/t16-,17+,20+/m1/s1. The Hall–Kier alpha value is -2.71. The second kappa shape index (κ2) is 8.33. The number of anilines is 2. The van der Waals surface area contributed by atoms with Crippen LogP contribution in [0.4, 0.5) is 15.8 Å². The highest BCUT2D eigenvalue weighted by Crippen LogP contribution is 2.33. The Balaban J connectivity index is 1.28. The van der Waals surface area contributed by atoms with Crippen LogP contribution in [0.15, 0.2) is 30.3 Å². The summed E-state index contributed by atoms with van der Waals surface area (Å²) in [5, 5.41) is 4.01. The van der Waals surface area contributed by atoms with Crippen molar-refractivity contribution >= 4 is 38.8 Å². The van der Waals surface area contributed by atoms with Gasteiger partial charge in [-0.15, -0.1) is 11.3 Å². The van der Waals surface area contributed by atoms with Crippen molar-refractivity contribution in [2.45, 2.75) is 38.3 Å². The van der Waals surface area contributed by atoms with Gasteiger partial charge in [0, 0.05) is 47.9 Å². The molecule has 1 aromatic carbocycles. The summed E-state index contributed by atoms with van der Waals surface area (Å²) in [6.45, 7) is 2.92. The van der Waals surface area contributed by atoms with Crippen LogP contribution in [0.1, 0.15) is 32.9 Å². The van der Waals surface area contributed by atoms with Gasteiger partial charge >= 0.3 is 0 Å². The zero-order valence-electron chi connectivity index (χ0n) is 18.1. The monoisotopic (exact) mass is 453 g/mol. The maximum Gasteiger partial charge on any atom is 0.263 e. The summed E-state index contributed by atoms with van der Waals surface area (Å²) in [4.78, 5) is 21.0. The zero-order chi connectivity index (χ0) is 22.4. The van der Waals surface area contributed by atoms with Crippen molar-refractivity contribution in [1.29, 1.82) is 0 Å². The first-order valence-electron chi connectivity index (χ1n) is 11.1.